The van der Waals surface area contributed by atoms with Crippen LogP contribution in [-0.4, -0.2) is 50.7 Å². The van der Waals surface area contributed by atoms with E-state index >= 15 is 0 Å². The van der Waals surface area contributed by atoms with Crippen molar-refractivity contribution in [3.8, 4) is 11.8 Å². The molecule has 3 N–H and O–H groups in total. The molecular weight excluding hydrogens is 488 g/mol. The van der Waals surface area contributed by atoms with Crippen LogP contribution in [0.2, 0.25) is 0 Å². The first-order chi connectivity index (χ1) is 18.1. The van der Waals surface area contributed by atoms with E-state index in [9.17, 15) is 13.6 Å². The van der Waals surface area contributed by atoms with Crippen LogP contribution in [0, 0.1) is 18.8 Å². The van der Waals surface area contributed by atoms with Crippen molar-refractivity contribution < 1.29 is 13.6 Å². The fourth-order valence-corrected chi connectivity index (χ4v) is 4.55. The average molecular weight is 516 g/mol. The number of aromatic nitrogens is 4. The molecule has 0 bridgehead atoms. The number of halogens is 2. The summed E-state index contributed by atoms with van der Waals surface area (Å²) in [6.45, 7) is 4.52. The third kappa shape index (κ3) is 5.06. The van der Waals surface area contributed by atoms with Crippen LogP contribution >= 0.6 is 0 Å². The summed E-state index contributed by atoms with van der Waals surface area (Å²) in [6.07, 6.45) is 2.37. The van der Waals surface area contributed by atoms with Gasteiger partial charge in [-0.25, -0.2) is 23.4 Å². The van der Waals surface area contributed by atoms with Gasteiger partial charge >= 0.3 is 0 Å². The Morgan fingerprint density at radius 1 is 1.18 bits per heavy atom. The second kappa shape index (κ2) is 9.84. The second-order valence-electron chi connectivity index (χ2n) is 9.66. The number of nitrogens with one attached hydrogen (secondary N) is 1. The Bertz CT molecular complexity index is 1600. The van der Waals surface area contributed by atoms with Crippen LogP contribution in [0.3, 0.4) is 0 Å². The highest BCUT2D eigenvalue weighted by molar-refractivity contribution is 6.04. The largest absolute Gasteiger partial charge is 0.383 e. The molecule has 194 valence electrons. The van der Waals surface area contributed by atoms with Crippen LogP contribution in [-0.2, 0) is 5.92 Å². The van der Waals surface area contributed by atoms with Gasteiger partial charge in [-0.3, -0.25) is 4.79 Å². The van der Waals surface area contributed by atoms with Crippen LogP contribution in [0.25, 0.3) is 11.0 Å². The Balaban J connectivity index is 1.45. The lowest BCUT2D eigenvalue weighted by molar-refractivity contribution is 0.0175. The number of benzene rings is 2. The molecule has 10 heteroatoms. The minimum atomic E-state index is -3.01. The van der Waals surface area contributed by atoms with E-state index in [2.05, 4.69) is 39.1 Å². The van der Waals surface area contributed by atoms with Gasteiger partial charge in [0.2, 0.25) is 0 Å². The van der Waals surface area contributed by atoms with E-state index < -0.39 is 11.8 Å². The first-order valence-corrected chi connectivity index (χ1v) is 12.2. The van der Waals surface area contributed by atoms with Gasteiger partial charge in [-0.1, -0.05) is 24.1 Å². The van der Waals surface area contributed by atoms with E-state index in [0.29, 0.717) is 33.7 Å². The lowest BCUT2D eigenvalue weighted by Gasteiger charge is -2.13. The van der Waals surface area contributed by atoms with Gasteiger partial charge in [-0.2, -0.15) is 5.10 Å². The van der Waals surface area contributed by atoms with Gasteiger partial charge in [-0.05, 0) is 56.1 Å². The van der Waals surface area contributed by atoms with E-state index in [-0.39, 0.29) is 17.3 Å². The lowest BCUT2D eigenvalue weighted by atomic mass is 10.0. The van der Waals surface area contributed by atoms with E-state index in [0.717, 1.165) is 32.0 Å². The number of aryl methyl sites for hydroxylation is 1. The zero-order valence-corrected chi connectivity index (χ0v) is 21.3. The van der Waals surface area contributed by atoms with E-state index in [4.69, 9.17) is 10.8 Å². The maximum Gasteiger partial charge on any atom is 0.270 e. The summed E-state index contributed by atoms with van der Waals surface area (Å²) in [5.74, 6) is 3.10. The van der Waals surface area contributed by atoms with Gasteiger partial charge in [-0.15, -0.1) is 0 Å². The zero-order valence-electron chi connectivity index (χ0n) is 21.3. The lowest BCUT2D eigenvalue weighted by Crippen LogP contribution is -2.17. The number of alkyl halides is 2. The van der Waals surface area contributed by atoms with Crippen LogP contribution in [0.4, 0.5) is 20.3 Å². The Morgan fingerprint density at radius 3 is 2.74 bits per heavy atom. The number of carbonyl (C=O) groups is 1. The van der Waals surface area contributed by atoms with Crippen molar-refractivity contribution in [3.63, 3.8) is 0 Å². The molecule has 1 saturated heterocycles. The highest BCUT2D eigenvalue weighted by atomic mass is 19.3. The first-order valence-electron chi connectivity index (χ1n) is 12.2. The highest BCUT2D eigenvalue weighted by Crippen LogP contribution is 2.29. The molecule has 0 radical (unpaired) electrons. The van der Waals surface area contributed by atoms with Gasteiger partial charge in [0.25, 0.3) is 11.8 Å². The molecule has 1 aliphatic heterocycles. The molecule has 3 heterocycles. The molecule has 5 rings (SSSR count). The minimum absolute atomic E-state index is 0.160. The Labute approximate surface area is 218 Å². The van der Waals surface area contributed by atoms with Gasteiger partial charge in [0.1, 0.15) is 17.8 Å². The summed E-state index contributed by atoms with van der Waals surface area (Å²) in [4.78, 5) is 23.7. The maximum absolute atomic E-state index is 13.7. The summed E-state index contributed by atoms with van der Waals surface area (Å²) < 4.78 is 29.3. The number of hydrogen-bond acceptors (Lipinski definition) is 6. The highest BCUT2D eigenvalue weighted by Gasteiger charge is 2.26. The van der Waals surface area contributed by atoms with Crippen molar-refractivity contribution in [1.82, 2.24) is 24.6 Å². The van der Waals surface area contributed by atoms with Crippen molar-refractivity contribution in [1.29, 1.82) is 0 Å². The third-order valence-corrected chi connectivity index (χ3v) is 6.67. The summed E-state index contributed by atoms with van der Waals surface area (Å²) in [5, 5.41) is 8.04. The smallest absolute Gasteiger partial charge is 0.270 e. The van der Waals surface area contributed by atoms with E-state index in [1.54, 1.807) is 24.3 Å². The third-order valence-electron chi connectivity index (χ3n) is 6.67. The topological polar surface area (TPSA) is 102 Å². The van der Waals surface area contributed by atoms with Gasteiger partial charge in [0.05, 0.1) is 11.4 Å². The molecule has 0 unspecified atom stereocenters. The molecule has 2 aromatic heterocycles. The number of anilines is 2. The minimum Gasteiger partial charge on any atom is -0.383 e. The zero-order chi connectivity index (χ0) is 27.0. The van der Waals surface area contributed by atoms with Gasteiger partial charge < -0.3 is 16.0 Å². The molecule has 38 heavy (non-hydrogen) atoms. The number of hydrogen-bond donors (Lipinski definition) is 2. The Morgan fingerprint density at radius 2 is 2.00 bits per heavy atom. The molecule has 1 fully saturated rings. The van der Waals surface area contributed by atoms with Crippen molar-refractivity contribution in [3.05, 3.63) is 76.7 Å². The molecule has 8 nitrogen and oxygen atoms in total. The number of likely N-dealkylation sites (tertiary alicyclic amines) is 1. The van der Waals surface area contributed by atoms with Crippen molar-refractivity contribution >= 4 is 28.4 Å². The van der Waals surface area contributed by atoms with Crippen molar-refractivity contribution in [2.45, 2.75) is 32.2 Å². The summed E-state index contributed by atoms with van der Waals surface area (Å²) in [5.41, 5.74) is 9.26. The fraction of sp³-hybridized carbons (Fsp3) is 0.286. The molecular formula is C28H27F2N7O. The Kier molecular flexibility index (Phi) is 6.55. The predicted molar refractivity (Wildman–Crippen MR) is 142 cm³/mol. The van der Waals surface area contributed by atoms with Crippen molar-refractivity contribution in [2.75, 3.05) is 31.2 Å². The Hall–Kier alpha value is -4.36. The van der Waals surface area contributed by atoms with Crippen LogP contribution < -0.4 is 11.1 Å². The van der Waals surface area contributed by atoms with E-state index in [1.807, 2.05) is 11.6 Å². The van der Waals surface area contributed by atoms with Gasteiger partial charge in [0.15, 0.2) is 5.65 Å². The van der Waals surface area contributed by atoms with Crippen molar-refractivity contribution in [2.24, 2.45) is 0 Å². The molecule has 1 amide bonds. The molecule has 2 aromatic carbocycles. The monoisotopic (exact) mass is 515 g/mol. The maximum atomic E-state index is 13.7. The SMILES string of the molecule is Cc1ccc(C(=O)Nc2cccc(C(C)(F)F)c2)cc1C#Cc1nn([C@@H]2CCN(C)C2)c2ncnc(N)c12. The summed E-state index contributed by atoms with van der Waals surface area (Å²) >= 11 is 0. The number of amides is 1. The molecule has 1 atom stereocenters. The van der Waals surface area contributed by atoms with Crippen LogP contribution in [0.5, 0.6) is 0 Å². The molecule has 4 aromatic rings. The number of rotatable bonds is 4. The normalized spacial score (nSPS) is 15.9. The van der Waals surface area contributed by atoms with E-state index in [1.165, 1.54) is 24.5 Å². The number of carbonyl (C=O) groups excluding carboxylic acids is 1. The van der Waals surface area contributed by atoms with Crippen LogP contribution in [0.15, 0.2) is 48.8 Å². The number of nitrogen functional groups attached to an aromatic ring is 1. The molecule has 0 spiro atoms. The average Bonchev–Trinajstić information content (AvgIpc) is 3.47. The summed E-state index contributed by atoms with van der Waals surface area (Å²) in [6, 6.07) is 10.9. The van der Waals surface area contributed by atoms with Crippen LogP contribution in [0.1, 0.15) is 52.1 Å². The number of likely N-dealkylation sites (N-methyl/N-ethyl adjacent to an activating group) is 1. The van der Waals surface area contributed by atoms with Gasteiger partial charge in [0, 0.05) is 42.4 Å². The molecule has 1 aliphatic rings. The molecule has 0 aliphatic carbocycles. The standard InChI is InChI=1S/C28H27F2N7O/c1-17-7-8-19(27(38)34-21-6-4-5-20(14-21)28(2,29)30)13-18(17)9-10-23-24-25(31)32-16-33-26(24)37(35-23)22-11-12-36(3)15-22/h4-8,13-14,16,22H,11-12,15H2,1-3H3,(H,34,38)(H2,31,32,33)/t22-/m1/s1. The number of nitrogens with two attached hydrogens (primary N) is 1. The summed E-state index contributed by atoms with van der Waals surface area (Å²) in [7, 11) is 2.07. The fourth-order valence-electron chi connectivity index (χ4n) is 4.55. The quantitative estimate of drug-likeness (QED) is 0.392. The first kappa shape index (κ1) is 25.3. The predicted octanol–water partition coefficient (Wildman–Crippen LogP) is 4.36. The molecule has 0 saturated carbocycles. The second-order valence-corrected chi connectivity index (χ2v) is 9.66. The number of fused-ring (bicyclic) bond motifs is 1. The number of nitrogens with zero attached hydrogens (tertiary/aromatic N) is 5.